The van der Waals surface area contributed by atoms with Gasteiger partial charge in [-0.3, -0.25) is 0 Å². The van der Waals surface area contributed by atoms with E-state index in [0.717, 1.165) is 28.0 Å². The molecule has 0 aliphatic heterocycles. The van der Waals surface area contributed by atoms with Crippen LogP contribution in [0.3, 0.4) is 0 Å². The van der Waals surface area contributed by atoms with Crippen molar-refractivity contribution in [3.8, 4) is 5.75 Å². The lowest BCUT2D eigenvalue weighted by Crippen LogP contribution is -2.03. The van der Waals surface area contributed by atoms with Crippen molar-refractivity contribution < 1.29 is 9.84 Å². The van der Waals surface area contributed by atoms with Gasteiger partial charge in [0, 0.05) is 11.4 Å². The van der Waals surface area contributed by atoms with E-state index in [-0.39, 0.29) is 0 Å². The minimum absolute atomic E-state index is 0.505. The zero-order valence-electron chi connectivity index (χ0n) is 12.0. The van der Waals surface area contributed by atoms with Crippen LogP contribution in [-0.2, 0) is 6.42 Å². The Morgan fingerprint density at radius 2 is 1.90 bits per heavy atom. The summed E-state index contributed by atoms with van der Waals surface area (Å²) in [5.41, 5.74) is 3.96. The molecular formula is C17H19ClO2. The van der Waals surface area contributed by atoms with Gasteiger partial charge in [0.25, 0.3) is 0 Å². The predicted molar refractivity (Wildman–Crippen MR) is 82.6 cm³/mol. The first-order valence-electron chi connectivity index (χ1n) is 6.59. The first kappa shape index (κ1) is 14.9. The van der Waals surface area contributed by atoms with Crippen LogP contribution in [0.15, 0.2) is 36.4 Å². The van der Waals surface area contributed by atoms with Crippen molar-refractivity contribution >= 4 is 11.6 Å². The van der Waals surface area contributed by atoms with Crippen LogP contribution in [0.1, 0.15) is 28.4 Å². The zero-order chi connectivity index (χ0) is 14.7. The van der Waals surface area contributed by atoms with E-state index in [1.807, 2.05) is 50.2 Å². The lowest BCUT2D eigenvalue weighted by atomic mass is 9.99. The molecule has 0 bridgehead atoms. The van der Waals surface area contributed by atoms with Crippen LogP contribution < -0.4 is 4.74 Å². The Labute approximate surface area is 125 Å². The van der Waals surface area contributed by atoms with Gasteiger partial charge in [-0.2, -0.15) is 0 Å². The van der Waals surface area contributed by atoms with Crippen LogP contribution in [0.2, 0.25) is 5.02 Å². The number of aliphatic hydroxyl groups is 1. The highest BCUT2D eigenvalue weighted by atomic mass is 35.5. The molecule has 0 saturated carbocycles. The van der Waals surface area contributed by atoms with Crippen LogP contribution in [-0.4, -0.2) is 12.2 Å². The highest BCUT2D eigenvalue weighted by Gasteiger charge is 2.12. The Morgan fingerprint density at radius 1 is 1.15 bits per heavy atom. The normalized spacial score (nSPS) is 12.2. The lowest BCUT2D eigenvalue weighted by Gasteiger charge is -2.14. The van der Waals surface area contributed by atoms with Crippen LogP contribution in [0.5, 0.6) is 5.75 Å². The van der Waals surface area contributed by atoms with Crippen molar-refractivity contribution in [3.63, 3.8) is 0 Å². The Hall–Kier alpha value is -1.51. The van der Waals surface area contributed by atoms with Gasteiger partial charge >= 0.3 is 0 Å². The largest absolute Gasteiger partial charge is 0.496 e. The van der Waals surface area contributed by atoms with Crippen molar-refractivity contribution in [1.82, 2.24) is 0 Å². The van der Waals surface area contributed by atoms with E-state index in [1.54, 1.807) is 7.11 Å². The monoisotopic (exact) mass is 290 g/mol. The Morgan fingerprint density at radius 3 is 2.50 bits per heavy atom. The predicted octanol–water partition coefficient (Wildman–Crippen LogP) is 4.24. The highest BCUT2D eigenvalue weighted by Crippen LogP contribution is 2.27. The fourth-order valence-electron chi connectivity index (χ4n) is 2.25. The number of rotatable bonds is 4. The molecule has 0 aliphatic rings. The molecule has 2 aromatic rings. The quantitative estimate of drug-likeness (QED) is 0.912. The molecule has 0 radical (unpaired) electrons. The summed E-state index contributed by atoms with van der Waals surface area (Å²) in [5.74, 6) is 0.828. The summed E-state index contributed by atoms with van der Waals surface area (Å²) in [6.07, 6.45) is -0.0648. The number of aliphatic hydroxyl groups excluding tert-OH is 1. The third kappa shape index (κ3) is 3.33. The fraction of sp³-hybridized carbons (Fsp3) is 0.294. The molecule has 2 aromatic carbocycles. The molecule has 1 atom stereocenters. The Kier molecular flexibility index (Phi) is 4.69. The minimum atomic E-state index is -0.570. The Bertz CT molecular complexity index is 608. The first-order valence-corrected chi connectivity index (χ1v) is 6.96. The highest BCUT2D eigenvalue weighted by molar-refractivity contribution is 6.31. The van der Waals surface area contributed by atoms with Crippen LogP contribution in [0.25, 0.3) is 0 Å². The molecule has 0 fully saturated rings. The molecule has 3 heteroatoms. The number of hydrogen-bond donors (Lipinski definition) is 1. The standard InChI is InChI=1S/C17H19ClO2/c1-11-4-5-13(15(18)8-11)10-16(19)14-6-7-17(20-3)12(2)9-14/h4-9,16,19H,10H2,1-3H3. The molecule has 1 unspecified atom stereocenters. The molecule has 106 valence electrons. The summed E-state index contributed by atoms with van der Waals surface area (Å²) in [4.78, 5) is 0. The average molecular weight is 291 g/mol. The van der Waals surface area contributed by atoms with Crippen molar-refractivity contribution in [1.29, 1.82) is 0 Å². The van der Waals surface area contributed by atoms with Gasteiger partial charge in [0.1, 0.15) is 5.75 Å². The van der Waals surface area contributed by atoms with Crippen molar-refractivity contribution in [2.24, 2.45) is 0 Å². The van der Waals surface area contributed by atoms with Crippen molar-refractivity contribution in [2.45, 2.75) is 26.4 Å². The molecule has 1 N–H and O–H groups in total. The van der Waals surface area contributed by atoms with E-state index < -0.39 is 6.10 Å². The first-order chi connectivity index (χ1) is 9.51. The molecule has 2 rings (SSSR count). The topological polar surface area (TPSA) is 29.5 Å². The second kappa shape index (κ2) is 6.29. The molecule has 0 aliphatic carbocycles. The van der Waals surface area contributed by atoms with Gasteiger partial charge in [-0.05, 0) is 54.3 Å². The number of benzene rings is 2. The third-order valence-corrected chi connectivity index (χ3v) is 3.78. The van der Waals surface area contributed by atoms with Gasteiger partial charge in [-0.1, -0.05) is 29.8 Å². The maximum Gasteiger partial charge on any atom is 0.121 e. The molecule has 0 amide bonds. The second-order valence-corrected chi connectivity index (χ2v) is 5.45. The van der Waals surface area contributed by atoms with Crippen LogP contribution in [0, 0.1) is 13.8 Å². The smallest absolute Gasteiger partial charge is 0.121 e. The van der Waals surface area contributed by atoms with Crippen molar-refractivity contribution in [2.75, 3.05) is 7.11 Å². The summed E-state index contributed by atoms with van der Waals surface area (Å²) < 4.78 is 5.23. The summed E-state index contributed by atoms with van der Waals surface area (Å²) in [7, 11) is 1.64. The summed E-state index contributed by atoms with van der Waals surface area (Å²) in [6, 6.07) is 11.6. The molecule has 0 saturated heterocycles. The lowest BCUT2D eigenvalue weighted by molar-refractivity contribution is 0.178. The van der Waals surface area contributed by atoms with E-state index in [9.17, 15) is 5.11 Å². The van der Waals surface area contributed by atoms with E-state index in [0.29, 0.717) is 11.4 Å². The SMILES string of the molecule is COc1ccc(C(O)Cc2ccc(C)cc2Cl)cc1C. The maximum atomic E-state index is 10.4. The number of ether oxygens (including phenoxy) is 1. The molecule has 2 nitrogen and oxygen atoms in total. The van der Waals surface area contributed by atoms with Gasteiger partial charge in [-0.25, -0.2) is 0 Å². The number of methoxy groups -OCH3 is 1. The van der Waals surface area contributed by atoms with Gasteiger partial charge in [0.15, 0.2) is 0 Å². The van der Waals surface area contributed by atoms with Crippen LogP contribution in [0.4, 0.5) is 0 Å². The Balaban J connectivity index is 2.19. The maximum absolute atomic E-state index is 10.4. The summed E-state index contributed by atoms with van der Waals surface area (Å²) >= 11 is 6.21. The zero-order valence-corrected chi connectivity index (χ0v) is 12.7. The molecule has 20 heavy (non-hydrogen) atoms. The van der Waals surface area contributed by atoms with Crippen LogP contribution >= 0.6 is 11.6 Å². The summed E-state index contributed by atoms with van der Waals surface area (Å²) in [5, 5.41) is 11.1. The minimum Gasteiger partial charge on any atom is -0.496 e. The average Bonchev–Trinajstić information content (AvgIpc) is 2.41. The number of aryl methyl sites for hydroxylation is 2. The van der Waals surface area contributed by atoms with E-state index in [1.165, 1.54) is 0 Å². The molecular weight excluding hydrogens is 272 g/mol. The second-order valence-electron chi connectivity index (χ2n) is 5.04. The van der Waals surface area contributed by atoms with Gasteiger partial charge < -0.3 is 9.84 Å². The third-order valence-electron chi connectivity index (χ3n) is 3.43. The van der Waals surface area contributed by atoms with E-state index >= 15 is 0 Å². The van der Waals surface area contributed by atoms with Crippen molar-refractivity contribution in [3.05, 3.63) is 63.7 Å². The number of hydrogen-bond acceptors (Lipinski definition) is 2. The molecule has 0 aromatic heterocycles. The van der Waals surface area contributed by atoms with Gasteiger partial charge in [0.05, 0.1) is 13.2 Å². The fourth-order valence-corrected chi connectivity index (χ4v) is 2.57. The summed E-state index contributed by atoms with van der Waals surface area (Å²) in [6.45, 7) is 3.97. The van der Waals surface area contributed by atoms with E-state index in [4.69, 9.17) is 16.3 Å². The molecule has 0 heterocycles. The van der Waals surface area contributed by atoms with E-state index in [2.05, 4.69) is 0 Å². The van der Waals surface area contributed by atoms with Gasteiger partial charge in [-0.15, -0.1) is 0 Å². The molecule has 0 spiro atoms. The number of halogens is 1. The van der Waals surface area contributed by atoms with Gasteiger partial charge in [0.2, 0.25) is 0 Å².